The third-order valence-electron chi connectivity index (χ3n) is 3.17. The Balaban J connectivity index is 1.66. The highest BCUT2D eigenvalue weighted by molar-refractivity contribution is 5.79. The van der Waals surface area contributed by atoms with Crippen LogP contribution in [0.4, 0.5) is 8.78 Å². The standard InChI is InChI=1S/C16H21F2N5O/c1-12-10-22-23(11-12)7-5-20-16(19-2)21-6-8-24-15-4-3-13(17)9-14(15)18/h3-4,9-11H,5-8H2,1-2H3,(H2,19,20,21). The summed E-state index contributed by atoms with van der Waals surface area (Å²) in [6, 6.07) is 3.22. The molecule has 0 bridgehead atoms. The van der Waals surface area contributed by atoms with Gasteiger partial charge in [-0.2, -0.15) is 5.10 Å². The van der Waals surface area contributed by atoms with Crippen LogP contribution in [0.25, 0.3) is 0 Å². The van der Waals surface area contributed by atoms with Gasteiger partial charge in [-0.1, -0.05) is 0 Å². The van der Waals surface area contributed by atoms with Gasteiger partial charge in [0, 0.05) is 25.9 Å². The van der Waals surface area contributed by atoms with Crippen molar-refractivity contribution in [1.82, 2.24) is 20.4 Å². The first kappa shape index (κ1) is 17.7. The number of guanidine groups is 1. The van der Waals surface area contributed by atoms with Crippen LogP contribution in [0.3, 0.4) is 0 Å². The summed E-state index contributed by atoms with van der Waals surface area (Å²) in [4.78, 5) is 4.08. The van der Waals surface area contributed by atoms with Gasteiger partial charge in [0.05, 0.1) is 19.3 Å². The normalized spacial score (nSPS) is 11.4. The maximum absolute atomic E-state index is 13.4. The summed E-state index contributed by atoms with van der Waals surface area (Å²) < 4.78 is 33.3. The molecule has 1 aromatic heterocycles. The quantitative estimate of drug-likeness (QED) is 0.459. The lowest BCUT2D eigenvalue weighted by Gasteiger charge is -2.12. The number of aliphatic imine (C=N–C) groups is 1. The maximum Gasteiger partial charge on any atom is 0.191 e. The Morgan fingerprint density at radius 2 is 2.08 bits per heavy atom. The third-order valence-corrected chi connectivity index (χ3v) is 3.17. The Bertz CT molecular complexity index is 687. The molecule has 0 saturated carbocycles. The van der Waals surface area contributed by atoms with Crippen LogP contribution >= 0.6 is 0 Å². The summed E-state index contributed by atoms with van der Waals surface area (Å²) in [5, 5.41) is 10.4. The van der Waals surface area contributed by atoms with Crippen LogP contribution in [0, 0.1) is 18.6 Å². The SMILES string of the molecule is CN=C(NCCOc1ccc(F)cc1F)NCCn1cc(C)cn1. The Morgan fingerprint density at radius 1 is 1.29 bits per heavy atom. The Morgan fingerprint density at radius 3 is 2.75 bits per heavy atom. The van der Waals surface area contributed by atoms with E-state index in [0.717, 1.165) is 17.7 Å². The fourth-order valence-corrected chi connectivity index (χ4v) is 2.02. The second-order valence-electron chi connectivity index (χ2n) is 5.13. The van der Waals surface area contributed by atoms with Gasteiger partial charge in [-0.3, -0.25) is 9.67 Å². The van der Waals surface area contributed by atoms with E-state index in [1.807, 2.05) is 17.8 Å². The van der Waals surface area contributed by atoms with Crippen LogP contribution in [0.15, 0.2) is 35.6 Å². The molecule has 0 aliphatic heterocycles. The highest BCUT2D eigenvalue weighted by atomic mass is 19.1. The minimum Gasteiger partial charge on any atom is -0.489 e. The molecule has 0 saturated heterocycles. The number of rotatable bonds is 7. The molecule has 2 aromatic rings. The van der Waals surface area contributed by atoms with Gasteiger partial charge in [0.1, 0.15) is 12.4 Å². The zero-order chi connectivity index (χ0) is 17.4. The van der Waals surface area contributed by atoms with E-state index in [1.165, 1.54) is 6.07 Å². The Hall–Kier alpha value is -2.64. The van der Waals surface area contributed by atoms with Gasteiger partial charge in [-0.15, -0.1) is 0 Å². The second-order valence-corrected chi connectivity index (χ2v) is 5.13. The topological polar surface area (TPSA) is 63.5 Å². The fraction of sp³-hybridized carbons (Fsp3) is 0.375. The summed E-state index contributed by atoms with van der Waals surface area (Å²) in [5.41, 5.74) is 1.11. The predicted molar refractivity (Wildman–Crippen MR) is 88.2 cm³/mol. The largest absolute Gasteiger partial charge is 0.489 e. The molecule has 1 aromatic carbocycles. The molecular formula is C16H21F2N5O. The van der Waals surface area contributed by atoms with Crippen LogP contribution in [-0.4, -0.2) is 42.5 Å². The molecule has 0 aliphatic carbocycles. The molecule has 130 valence electrons. The first-order chi connectivity index (χ1) is 11.6. The van der Waals surface area contributed by atoms with E-state index in [2.05, 4.69) is 20.7 Å². The molecule has 8 heteroatoms. The van der Waals surface area contributed by atoms with Crippen molar-refractivity contribution in [1.29, 1.82) is 0 Å². The van der Waals surface area contributed by atoms with Crippen molar-refractivity contribution < 1.29 is 13.5 Å². The lowest BCUT2D eigenvalue weighted by atomic mass is 10.3. The molecule has 0 spiro atoms. The van der Waals surface area contributed by atoms with E-state index in [0.29, 0.717) is 25.6 Å². The molecule has 0 atom stereocenters. The summed E-state index contributed by atoms with van der Waals surface area (Å²) >= 11 is 0. The number of benzene rings is 1. The average Bonchev–Trinajstić information content (AvgIpc) is 2.96. The summed E-state index contributed by atoms with van der Waals surface area (Å²) in [6.45, 7) is 4.01. The first-order valence-corrected chi connectivity index (χ1v) is 7.60. The number of halogens is 2. The van der Waals surface area contributed by atoms with Crippen LogP contribution < -0.4 is 15.4 Å². The van der Waals surface area contributed by atoms with Crippen LogP contribution in [0.5, 0.6) is 5.75 Å². The number of aromatic nitrogens is 2. The van der Waals surface area contributed by atoms with Crippen molar-refractivity contribution in [2.45, 2.75) is 13.5 Å². The molecule has 6 nitrogen and oxygen atoms in total. The van der Waals surface area contributed by atoms with Gasteiger partial charge < -0.3 is 15.4 Å². The molecule has 0 aliphatic rings. The van der Waals surface area contributed by atoms with Crippen molar-refractivity contribution in [2.24, 2.45) is 4.99 Å². The Kier molecular flexibility index (Phi) is 6.53. The maximum atomic E-state index is 13.4. The zero-order valence-electron chi connectivity index (χ0n) is 13.7. The van der Waals surface area contributed by atoms with Crippen LogP contribution in [-0.2, 0) is 6.54 Å². The molecule has 2 N–H and O–H groups in total. The minimum absolute atomic E-state index is 0.0233. The van der Waals surface area contributed by atoms with Gasteiger partial charge >= 0.3 is 0 Å². The van der Waals surface area contributed by atoms with Gasteiger partial charge in [0.15, 0.2) is 17.5 Å². The molecule has 24 heavy (non-hydrogen) atoms. The average molecular weight is 337 g/mol. The van der Waals surface area contributed by atoms with Crippen LogP contribution in [0.1, 0.15) is 5.56 Å². The number of aryl methyl sites for hydroxylation is 1. The van der Waals surface area contributed by atoms with E-state index >= 15 is 0 Å². The van der Waals surface area contributed by atoms with E-state index in [4.69, 9.17) is 4.74 Å². The second kappa shape index (κ2) is 8.85. The Labute approximate surface area is 139 Å². The van der Waals surface area contributed by atoms with Gasteiger partial charge in [0.2, 0.25) is 0 Å². The minimum atomic E-state index is -0.716. The lowest BCUT2D eigenvalue weighted by Crippen LogP contribution is -2.40. The monoisotopic (exact) mass is 337 g/mol. The molecular weight excluding hydrogens is 316 g/mol. The molecule has 1 heterocycles. The number of hydrogen-bond acceptors (Lipinski definition) is 3. The molecule has 0 amide bonds. The van der Waals surface area contributed by atoms with Crippen molar-refractivity contribution in [3.8, 4) is 5.75 Å². The molecule has 0 fully saturated rings. The fourth-order valence-electron chi connectivity index (χ4n) is 2.02. The predicted octanol–water partition coefficient (Wildman–Crippen LogP) is 1.71. The molecule has 2 rings (SSSR count). The molecule has 0 unspecified atom stereocenters. The van der Waals surface area contributed by atoms with E-state index < -0.39 is 11.6 Å². The zero-order valence-corrected chi connectivity index (χ0v) is 13.7. The van der Waals surface area contributed by atoms with Gasteiger partial charge in [-0.25, -0.2) is 8.78 Å². The third kappa shape index (κ3) is 5.53. The van der Waals surface area contributed by atoms with Crippen LogP contribution in [0.2, 0.25) is 0 Å². The number of nitrogens with zero attached hydrogens (tertiary/aromatic N) is 3. The first-order valence-electron chi connectivity index (χ1n) is 7.60. The summed E-state index contributed by atoms with van der Waals surface area (Å²) in [5.74, 6) is -0.709. The van der Waals surface area contributed by atoms with Gasteiger partial charge in [-0.05, 0) is 24.6 Å². The van der Waals surface area contributed by atoms with Crippen molar-refractivity contribution in [3.05, 3.63) is 47.8 Å². The summed E-state index contributed by atoms with van der Waals surface area (Å²) in [7, 11) is 1.66. The van der Waals surface area contributed by atoms with Crippen molar-refractivity contribution in [3.63, 3.8) is 0 Å². The van der Waals surface area contributed by atoms with E-state index in [9.17, 15) is 8.78 Å². The van der Waals surface area contributed by atoms with Crippen molar-refractivity contribution in [2.75, 3.05) is 26.7 Å². The van der Waals surface area contributed by atoms with Crippen molar-refractivity contribution >= 4 is 5.96 Å². The molecule has 0 radical (unpaired) electrons. The van der Waals surface area contributed by atoms with E-state index in [-0.39, 0.29) is 12.4 Å². The lowest BCUT2D eigenvalue weighted by molar-refractivity contribution is 0.304. The number of hydrogen-bond donors (Lipinski definition) is 2. The van der Waals surface area contributed by atoms with Gasteiger partial charge in [0.25, 0.3) is 0 Å². The number of nitrogens with one attached hydrogen (secondary N) is 2. The summed E-state index contributed by atoms with van der Waals surface area (Å²) in [6.07, 6.45) is 3.77. The smallest absolute Gasteiger partial charge is 0.191 e. The highest BCUT2D eigenvalue weighted by Crippen LogP contribution is 2.17. The number of ether oxygens (including phenoxy) is 1. The highest BCUT2D eigenvalue weighted by Gasteiger charge is 2.04. The van der Waals surface area contributed by atoms with E-state index in [1.54, 1.807) is 13.2 Å².